The van der Waals surface area contributed by atoms with Crippen LogP contribution in [0.3, 0.4) is 0 Å². The SMILES string of the molecule is N=C1C=C/C(=N\c2c(NCCN3CCCCC3)nn3ccccc23)C(O)=C1. The summed E-state index contributed by atoms with van der Waals surface area (Å²) in [6.45, 7) is 4.10. The van der Waals surface area contributed by atoms with Crippen LogP contribution in [0.25, 0.3) is 5.52 Å². The number of nitrogens with zero attached hydrogens (tertiary/aromatic N) is 4. The Hall–Kier alpha value is -2.93. The summed E-state index contributed by atoms with van der Waals surface area (Å²) in [4.78, 5) is 7.12. The summed E-state index contributed by atoms with van der Waals surface area (Å²) in [5, 5.41) is 25.8. The molecule has 0 spiro atoms. The first-order valence-corrected chi connectivity index (χ1v) is 9.41. The van der Waals surface area contributed by atoms with Gasteiger partial charge in [-0.25, -0.2) is 9.51 Å². The summed E-state index contributed by atoms with van der Waals surface area (Å²) in [5.41, 5.74) is 2.25. The number of hydrogen-bond acceptors (Lipinski definition) is 6. The molecule has 1 saturated heterocycles. The number of pyridine rings is 1. The van der Waals surface area contributed by atoms with Crippen LogP contribution in [0.15, 0.2) is 53.4 Å². The number of aliphatic hydroxyl groups is 1. The Balaban J connectivity index is 1.59. The molecule has 3 N–H and O–H groups in total. The zero-order chi connectivity index (χ0) is 18.6. The molecule has 1 aliphatic carbocycles. The van der Waals surface area contributed by atoms with Crippen molar-refractivity contribution in [3.63, 3.8) is 0 Å². The van der Waals surface area contributed by atoms with Crippen LogP contribution in [-0.4, -0.2) is 57.2 Å². The number of piperidine rings is 1. The van der Waals surface area contributed by atoms with Gasteiger partial charge in [0.05, 0.1) is 11.2 Å². The maximum absolute atomic E-state index is 10.1. The normalized spacial score (nSPS) is 19.6. The Bertz CT molecular complexity index is 933. The van der Waals surface area contributed by atoms with E-state index in [-0.39, 0.29) is 11.5 Å². The minimum atomic E-state index is -0.00273. The molecule has 1 aliphatic heterocycles. The van der Waals surface area contributed by atoms with Crippen molar-refractivity contribution in [2.24, 2.45) is 4.99 Å². The largest absolute Gasteiger partial charge is 0.506 e. The number of likely N-dealkylation sites (tertiary alicyclic amines) is 1. The third-order valence-electron chi connectivity index (χ3n) is 4.89. The summed E-state index contributed by atoms with van der Waals surface area (Å²) in [5.74, 6) is 0.699. The van der Waals surface area contributed by atoms with Crippen molar-refractivity contribution in [1.29, 1.82) is 5.41 Å². The zero-order valence-electron chi connectivity index (χ0n) is 15.2. The number of aromatic nitrogens is 2. The minimum absolute atomic E-state index is 0.00273. The van der Waals surface area contributed by atoms with E-state index >= 15 is 0 Å². The van der Waals surface area contributed by atoms with E-state index in [1.54, 1.807) is 16.7 Å². The molecule has 27 heavy (non-hydrogen) atoms. The summed E-state index contributed by atoms with van der Waals surface area (Å²) in [6.07, 6.45) is 10.4. The fourth-order valence-corrected chi connectivity index (χ4v) is 3.47. The molecule has 0 radical (unpaired) electrons. The quantitative estimate of drug-likeness (QED) is 0.710. The van der Waals surface area contributed by atoms with Crippen LogP contribution < -0.4 is 5.32 Å². The Morgan fingerprint density at radius 3 is 2.85 bits per heavy atom. The van der Waals surface area contributed by atoms with Gasteiger partial charge < -0.3 is 20.7 Å². The molecule has 0 bridgehead atoms. The topological polar surface area (TPSA) is 89.0 Å². The Kier molecular flexibility index (Phi) is 5.02. The van der Waals surface area contributed by atoms with E-state index in [1.165, 1.54) is 25.3 Å². The van der Waals surface area contributed by atoms with Crippen LogP contribution in [0.4, 0.5) is 11.5 Å². The van der Waals surface area contributed by atoms with Gasteiger partial charge in [-0.3, -0.25) is 0 Å². The number of anilines is 1. The lowest BCUT2D eigenvalue weighted by atomic mass is 10.1. The van der Waals surface area contributed by atoms with E-state index in [0.29, 0.717) is 17.2 Å². The summed E-state index contributed by atoms with van der Waals surface area (Å²) in [7, 11) is 0. The van der Waals surface area contributed by atoms with Crippen LogP contribution in [0.1, 0.15) is 19.3 Å². The highest BCUT2D eigenvalue weighted by Gasteiger charge is 2.16. The van der Waals surface area contributed by atoms with Gasteiger partial charge in [0.25, 0.3) is 0 Å². The maximum atomic E-state index is 10.1. The monoisotopic (exact) mass is 364 g/mol. The molecule has 0 aromatic carbocycles. The second-order valence-electron chi connectivity index (χ2n) is 6.87. The number of aliphatic hydroxyl groups excluding tert-OH is 1. The first kappa shape index (κ1) is 17.5. The minimum Gasteiger partial charge on any atom is -0.506 e. The number of fused-ring (bicyclic) bond motifs is 1. The molecule has 2 aromatic rings. The zero-order valence-corrected chi connectivity index (χ0v) is 15.2. The standard InChI is InChI=1S/C20H24N6O/c21-15-7-8-16(18(27)14-15)23-19-17-6-2-5-12-26(17)24-20(19)22-9-13-25-10-3-1-4-11-25/h2,5-8,12,14,21,27H,1,3-4,9-11,13H2,(H,22,24)/b21-15?,23-16+. The van der Waals surface area contributed by atoms with E-state index in [9.17, 15) is 5.11 Å². The lowest BCUT2D eigenvalue weighted by molar-refractivity contribution is 0.237. The van der Waals surface area contributed by atoms with Crippen molar-refractivity contribution in [2.75, 3.05) is 31.5 Å². The average Bonchev–Trinajstić information content (AvgIpc) is 3.02. The molecule has 3 heterocycles. The van der Waals surface area contributed by atoms with Crippen molar-refractivity contribution in [3.05, 3.63) is 48.4 Å². The molecular weight excluding hydrogens is 340 g/mol. The fourth-order valence-electron chi connectivity index (χ4n) is 3.47. The lowest BCUT2D eigenvalue weighted by Gasteiger charge is -2.26. The first-order valence-electron chi connectivity index (χ1n) is 9.41. The van der Waals surface area contributed by atoms with Crippen molar-refractivity contribution in [2.45, 2.75) is 19.3 Å². The lowest BCUT2D eigenvalue weighted by Crippen LogP contribution is -2.33. The molecule has 2 aliphatic rings. The molecule has 0 atom stereocenters. The first-order chi connectivity index (χ1) is 13.2. The van der Waals surface area contributed by atoms with Gasteiger partial charge in [-0.15, -0.1) is 5.10 Å². The van der Waals surface area contributed by atoms with Crippen LogP contribution in [0.5, 0.6) is 0 Å². The van der Waals surface area contributed by atoms with Crippen LogP contribution in [0, 0.1) is 5.41 Å². The van der Waals surface area contributed by atoms with Crippen molar-refractivity contribution >= 4 is 28.4 Å². The third kappa shape index (κ3) is 3.93. The van der Waals surface area contributed by atoms with Gasteiger partial charge >= 0.3 is 0 Å². The molecule has 7 heteroatoms. The van der Waals surface area contributed by atoms with E-state index < -0.39 is 0 Å². The summed E-state index contributed by atoms with van der Waals surface area (Å²) in [6, 6.07) is 5.82. The fraction of sp³-hybridized carbons (Fsp3) is 0.350. The van der Waals surface area contributed by atoms with Gasteiger partial charge in [0.15, 0.2) is 5.82 Å². The highest BCUT2D eigenvalue weighted by molar-refractivity contribution is 6.20. The molecule has 0 unspecified atom stereocenters. The summed E-state index contributed by atoms with van der Waals surface area (Å²) < 4.78 is 1.79. The Morgan fingerprint density at radius 1 is 1.19 bits per heavy atom. The highest BCUT2D eigenvalue weighted by atomic mass is 16.3. The molecule has 0 amide bonds. The van der Waals surface area contributed by atoms with E-state index in [4.69, 9.17) is 5.41 Å². The number of allylic oxidation sites excluding steroid dienone is 3. The second-order valence-corrected chi connectivity index (χ2v) is 6.87. The van der Waals surface area contributed by atoms with Crippen LogP contribution in [0.2, 0.25) is 0 Å². The van der Waals surface area contributed by atoms with Gasteiger partial charge in [-0.05, 0) is 50.2 Å². The van der Waals surface area contributed by atoms with Gasteiger partial charge in [0, 0.05) is 25.4 Å². The Labute approximate surface area is 158 Å². The number of nitrogens with one attached hydrogen (secondary N) is 2. The van der Waals surface area contributed by atoms with Gasteiger partial charge in [0.2, 0.25) is 0 Å². The third-order valence-corrected chi connectivity index (χ3v) is 4.89. The molecule has 140 valence electrons. The molecule has 2 aromatic heterocycles. The highest BCUT2D eigenvalue weighted by Crippen LogP contribution is 2.30. The maximum Gasteiger partial charge on any atom is 0.175 e. The predicted molar refractivity (Wildman–Crippen MR) is 109 cm³/mol. The van der Waals surface area contributed by atoms with E-state index in [0.717, 1.165) is 31.7 Å². The molecule has 0 saturated carbocycles. The average molecular weight is 364 g/mol. The van der Waals surface area contributed by atoms with Crippen molar-refractivity contribution in [3.8, 4) is 0 Å². The number of hydrogen-bond donors (Lipinski definition) is 3. The Morgan fingerprint density at radius 2 is 2.04 bits per heavy atom. The van der Waals surface area contributed by atoms with Gasteiger partial charge in [0.1, 0.15) is 17.2 Å². The molecule has 7 nitrogen and oxygen atoms in total. The van der Waals surface area contributed by atoms with E-state index in [2.05, 4.69) is 20.3 Å². The number of rotatable bonds is 5. The molecule has 4 rings (SSSR count). The van der Waals surface area contributed by atoms with Crippen LogP contribution in [-0.2, 0) is 0 Å². The van der Waals surface area contributed by atoms with E-state index in [1.807, 2.05) is 24.4 Å². The van der Waals surface area contributed by atoms with Crippen LogP contribution >= 0.6 is 0 Å². The molecular formula is C20H24N6O. The van der Waals surface area contributed by atoms with Gasteiger partial charge in [-0.1, -0.05) is 12.5 Å². The van der Waals surface area contributed by atoms with Crippen molar-refractivity contribution < 1.29 is 5.11 Å². The second kappa shape index (κ2) is 7.75. The number of aliphatic imine (C=N–C) groups is 1. The van der Waals surface area contributed by atoms with Gasteiger partial charge in [-0.2, -0.15) is 0 Å². The smallest absolute Gasteiger partial charge is 0.175 e. The molecule has 1 fully saturated rings. The predicted octanol–water partition coefficient (Wildman–Crippen LogP) is 3.34. The van der Waals surface area contributed by atoms with Crippen molar-refractivity contribution in [1.82, 2.24) is 14.5 Å². The summed E-state index contributed by atoms with van der Waals surface area (Å²) >= 11 is 0.